The summed E-state index contributed by atoms with van der Waals surface area (Å²) in [6.45, 7) is 2.56. The Labute approximate surface area is 93.6 Å². The lowest BCUT2D eigenvalue weighted by molar-refractivity contribution is 0.291. The number of halogens is 1. The first-order valence-electron chi connectivity index (χ1n) is 4.60. The highest BCUT2D eigenvalue weighted by atomic mass is 35.5. The molecule has 0 aliphatic heterocycles. The molecule has 15 heavy (non-hydrogen) atoms. The molecule has 1 N–H and O–H groups in total. The van der Waals surface area contributed by atoms with Crippen molar-refractivity contribution in [3.63, 3.8) is 0 Å². The van der Waals surface area contributed by atoms with Gasteiger partial charge in [0, 0.05) is 14.1 Å². The van der Waals surface area contributed by atoms with Crippen LogP contribution in [-0.4, -0.2) is 40.7 Å². The molecule has 0 amide bonds. The maximum atomic E-state index is 5.71. The van der Waals surface area contributed by atoms with Crippen LogP contribution in [0.4, 0.5) is 5.95 Å². The standard InChI is InChI=1S/C8H14ClN5O/c1-4-5-15-8-11-6(9)10-7(12-8)13-14(2)3/h4-5H2,1-3H3,(H,10,11,12,13). The van der Waals surface area contributed by atoms with E-state index in [1.807, 2.05) is 21.0 Å². The lowest BCUT2D eigenvalue weighted by Crippen LogP contribution is -2.21. The first kappa shape index (κ1) is 11.9. The Morgan fingerprint density at radius 1 is 1.33 bits per heavy atom. The lowest BCUT2D eigenvalue weighted by Gasteiger charge is -2.12. The topological polar surface area (TPSA) is 63.2 Å². The summed E-state index contributed by atoms with van der Waals surface area (Å²) in [4.78, 5) is 11.8. The molecule has 0 unspecified atom stereocenters. The van der Waals surface area contributed by atoms with E-state index in [1.165, 1.54) is 0 Å². The van der Waals surface area contributed by atoms with Crippen molar-refractivity contribution in [2.24, 2.45) is 0 Å². The van der Waals surface area contributed by atoms with Gasteiger partial charge < -0.3 is 4.74 Å². The van der Waals surface area contributed by atoms with E-state index in [0.717, 1.165) is 6.42 Å². The number of hydrazine groups is 1. The van der Waals surface area contributed by atoms with Crippen LogP contribution in [0.1, 0.15) is 13.3 Å². The van der Waals surface area contributed by atoms with Gasteiger partial charge in [0.2, 0.25) is 11.2 Å². The van der Waals surface area contributed by atoms with Gasteiger partial charge in [0.25, 0.3) is 0 Å². The number of nitrogens with zero attached hydrogens (tertiary/aromatic N) is 4. The second-order valence-electron chi connectivity index (χ2n) is 3.07. The monoisotopic (exact) mass is 231 g/mol. The van der Waals surface area contributed by atoms with Gasteiger partial charge >= 0.3 is 6.01 Å². The Hall–Kier alpha value is -1.14. The molecule has 0 radical (unpaired) electrons. The Morgan fingerprint density at radius 2 is 2.07 bits per heavy atom. The summed E-state index contributed by atoms with van der Waals surface area (Å²) in [5, 5.41) is 1.82. The molecule has 1 aromatic heterocycles. The molecule has 0 aromatic carbocycles. The van der Waals surface area contributed by atoms with E-state index < -0.39 is 0 Å². The van der Waals surface area contributed by atoms with Gasteiger partial charge in [-0.3, -0.25) is 5.43 Å². The SMILES string of the molecule is CCCOc1nc(Cl)nc(NN(C)C)n1. The van der Waals surface area contributed by atoms with Crippen LogP contribution in [0.5, 0.6) is 6.01 Å². The van der Waals surface area contributed by atoms with Gasteiger partial charge in [-0.2, -0.15) is 15.0 Å². The second kappa shape index (κ2) is 5.67. The summed E-state index contributed by atoms with van der Waals surface area (Å²) in [6.07, 6.45) is 0.889. The average molecular weight is 232 g/mol. The minimum Gasteiger partial charge on any atom is -0.463 e. The Bertz CT molecular complexity index is 320. The maximum absolute atomic E-state index is 5.71. The molecule has 1 heterocycles. The molecule has 0 saturated heterocycles. The van der Waals surface area contributed by atoms with Gasteiger partial charge in [-0.1, -0.05) is 6.92 Å². The van der Waals surface area contributed by atoms with Crippen molar-refractivity contribution in [2.75, 3.05) is 26.1 Å². The van der Waals surface area contributed by atoms with Crippen LogP contribution in [-0.2, 0) is 0 Å². The minimum atomic E-state index is 0.112. The van der Waals surface area contributed by atoms with Crippen LogP contribution in [0.25, 0.3) is 0 Å². The fourth-order valence-corrected chi connectivity index (χ4v) is 0.992. The molecular formula is C8H14ClN5O. The van der Waals surface area contributed by atoms with Crippen molar-refractivity contribution in [3.8, 4) is 6.01 Å². The summed E-state index contributed by atoms with van der Waals surface area (Å²) >= 11 is 5.71. The van der Waals surface area contributed by atoms with Crippen molar-refractivity contribution in [2.45, 2.75) is 13.3 Å². The van der Waals surface area contributed by atoms with Crippen LogP contribution in [0.2, 0.25) is 5.28 Å². The average Bonchev–Trinajstić information content (AvgIpc) is 2.12. The van der Waals surface area contributed by atoms with Gasteiger partial charge in [0.1, 0.15) is 0 Å². The minimum absolute atomic E-state index is 0.112. The van der Waals surface area contributed by atoms with Gasteiger partial charge in [0.15, 0.2) is 0 Å². The van der Waals surface area contributed by atoms with Gasteiger partial charge in [-0.15, -0.1) is 0 Å². The smallest absolute Gasteiger partial charge is 0.322 e. The number of aromatic nitrogens is 3. The molecule has 0 aliphatic rings. The van der Waals surface area contributed by atoms with Crippen molar-refractivity contribution < 1.29 is 4.74 Å². The van der Waals surface area contributed by atoms with Crippen LogP contribution >= 0.6 is 11.6 Å². The normalized spacial score (nSPS) is 10.5. The molecule has 1 aromatic rings. The lowest BCUT2D eigenvalue weighted by atomic mass is 10.5. The molecule has 7 heteroatoms. The molecule has 84 valence electrons. The number of rotatable bonds is 5. The summed E-state index contributed by atoms with van der Waals surface area (Å²) in [5.74, 6) is 0.367. The van der Waals surface area contributed by atoms with Gasteiger partial charge in [-0.05, 0) is 18.0 Å². The quantitative estimate of drug-likeness (QED) is 0.769. The van der Waals surface area contributed by atoms with Crippen molar-refractivity contribution >= 4 is 17.5 Å². The molecule has 0 saturated carbocycles. The van der Waals surface area contributed by atoms with E-state index in [1.54, 1.807) is 5.01 Å². The largest absolute Gasteiger partial charge is 0.463 e. The summed E-state index contributed by atoms with van der Waals surface area (Å²) in [5.41, 5.74) is 2.87. The van der Waals surface area contributed by atoms with Crippen LogP contribution in [0.3, 0.4) is 0 Å². The summed E-state index contributed by atoms with van der Waals surface area (Å²) < 4.78 is 5.25. The Kier molecular flexibility index (Phi) is 4.51. The van der Waals surface area contributed by atoms with E-state index in [0.29, 0.717) is 12.6 Å². The molecule has 0 spiro atoms. The zero-order valence-electron chi connectivity index (χ0n) is 8.99. The van der Waals surface area contributed by atoms with E-state index in [9.17, 15) is 0 Å². The van der Waals surface area contributed by atoms with Crippen molar-refractivity contribution in [1.29, 1.82) is 0 Å². The highest BCUT2D eigenvalue weighted by Crippen LogP contribution is 2.11. The van der Waals surface area contributed by atoms with E-state index in [2.05, 4.69) is 20.4 Å². The Morgan fingerprint density at radius 3 is 2.67 bits per heavy atom. The third-order valence-corrected chi connectivity index (χ3v) is 1.52. The van der Waals surface area contributed by atoms with E-state index in [4.69, 9.17) is 16.3 Å². The molecule has 0 fully saturated rings. The first-order chi connectivity index (χ1) is 7.11. The third-order valence-electron chi connectivity index (χ3n) is 1.35. The van der Waals surface area contributed by atoms with Crippen LogP contribution in [0.15, 0.2) is 0 Å². The predicted octanol–water partition coefficient (Wildman–Crippen LogP) is 1.20. The number of nitrogens with one attached hydrogen (secondary N) is 1. The zero-order chi connectivity index (χ0) is 11.3. The predicted molar refractivity (Wildman–Crippen MR) is 57.9 cm³/mol. The maximum Gasteiger partial charge on any atom is 0.322 e. The number of hydrogen-bond donors (Lipinski definition) is 1. The van der Waals surface area contributed by atoms with Crippen LogP contribution in [0, 0.1) is 0 Å². The Balaban J connectivity index is 2.75. The highest BCUT2D eigenvalue weighted by molar-refractivity contribution is 6.28. The van der Waals surface area contributed by atoms with E-state index >= 15 is 0 Å². The third kappa shape index (κ3) is 4.26. The zero-order valence-corrected chi connectivity index (χ0v) is 9.75. The van der Waals surface area contributed by atoms with Crippen molar-refractivity contribution in [3.05, 3.63) is 5.28 Å². The van der Waals surface area contributed by atoms with Gasteiger partial charge in [-0.25, -0.2) is 5.01 Å². The summed E-state index contributed by atoms with van der Waals surface area (Å²) in [6, 6.07) is 0.237. The van der Waals surface area contributed by atoms with E-state index in [-0.39, 0.29) is 11.3 Å². The molecule has 0 aliphatic carbocycles. The molecule has 6 nitrogen and oxygen atoms in total. The fourth-order valence-electron chi connectivity index (χ4n) is 0.840. The fraction of sp³-hybridized carbons (Fsp3) is 0.625. The first-order valence-corrected chi connectivity index (χ1v) is 4.98. The second-order valence-corrected chi connectivity index (χ2v) is 3.40. The number of hydrogen-bond acceptors (Lipinski definition) is 6. The molecule has 0 bridgehead atoms. The molecular weight excluding hydrogens is 218 g/mol. The number of ether oxygens (including phenoxy) is 1. The molecule has 0 atom stereocenters. The molecule has 1 rings (SSSR count). The number of anilines is 1. The van der Waals surface area contributed by atoms with Crippen LogP contribution < -0.4 is 10.2 Å². The van der Waals surface area contributed by atoms with Gasteiger partial charge in [0.05, 0.1) is 6.61 Å². The van der Waals surface area contributed by atoms with Crippen molar-refractivity contribution in [1.82, 2.24) is 20.0 Å². The highest BCUT2D eigenvalue weighted by Gasteiger charge is 2.05. The summed E-state index contributed by atoms with van der Waals surface area (Å²) in [7, 11) is 3.65.